The van der Waals surface area contributed by atoms with Crippen LogP contribution in [0.25, 0.3) is 11.3 Å². The molecule has 8 nitrogen and oxygen atoms in total. The fourth-order valence-corrected chi connectivity index (χ4v) is 4.56. The number of halogens is 2. The molecule has 2 aromatic heterocycles. The number of amides is 1. The van der Waals surface area contributed by atoms with Crippen molar-refractivity contribution >= 4 is 23.5 Å². The number of hydrogen-bond donors (Lipinski definition) is 0. The molecule has 4 heterocycles. The van der Waals surface area contributed by atoms with Gasteiger partial charge in [-0.2, -0.15) is 5.10 Å². The summed E-state index contributed by atoms with van der Waals surface area (Å²) in [5.74, 6) is -0.296. The standard InChI is InChI=1S/C23H24ClFN6O2/c1-13-10-31(12-19(33-13)14-9-26-30(3)11-14)23-27-20(16-5-4-15(24)8-18(16)25)17-6-7-29(2)22(32)21(17)28-23/h4-5,8-9,11,13,19H,6-7,10,12H2,1-3H3/t13-,19-/m1/s1. The normalized spacial score (nSPS) is 20.8. The van der Waals surface area contributed by atoms with E-state index in [0.717, 1.165) is 5.56 Å². The van der Waals surface area contributed by atoms with Crippen LogP contribution in [0.3, 0.4) is 0 Å². The summed E-state index contributed by atoms with van der Waals surface area (Å²) < 4.78 is 22.8. The third-order valence-electron chi connectivity index (χ3n) is 6.07. The third-order valence-corrected chi connectivity index (χ3v) is 6.30. The summed E-state index contributed by atoms with van der Waals surface area (Å²) in [5, 5.41) is 4.55. The molecular formula is C23H24ClFN6O2. The highest BCUT2D eigenvalue weighted by atomic mass is 35.5. The number of carbonyl (C=O) groups excluding carboxylic acids is 1. The number of rotatable bonds is 3. The molecule has 0 unspecified atom stereocenters. The second-order valence-corrected chi connectivity index (χ2v) is 9.02. The highest BCUT2D eigenvalue weighted by Gasteiger charge is 2.33. The van der Waals surface area contributed by atoms with Crippen molar-refractivity contribution in [1.82, 2.24) is 24.6 Å². The number of aromatic nitrogens is 4. The first-order valence-electron chi connectivity index (χ1n) is 10.8. The van der Waals surface area contributed by atoms with Gasteiger partial charge in [0.2, 0.25) is 5.95 Å². The van der Waals surface area contributed by atoms with Gasteiger partial charge in [-0.3, -0.25) is 9.48 Å². The molecule has 0 saturated carbocycles. The number of ether oxygens (including phenoxy) is 1. The lowest BCUT2D eigenvalue weighted by atomic mass is 9.98. The van der Waals surface area contributed by atoms with Crippen molar-refractivity contribution in [2.24, 2.45) is 7.05 Å². The van der Waals surface area contributed by atoms with Crippen molar-refractivity contribution in [3.05, 3.63) is 58.3 Å². The molecule has 1 amide bonds. The Labute approximate surface area is 195 Å². The number of likely N-dealkylation sites (N-methyl/N-ethyl adjacent to an activating group) is 1. The quantitative estimate of drug-likeness (QED) is 0.585. The molecule has 5 rings (SSSR count). The van der Waals surface area contributed by atoms with Crippen molar-refractivity contribution in [3.8, 4) is 11.3 Å². The van der Waals surface area contributed by atoms with Gasteiger partial charge >= 0.3 is 0 Å². The van der Waals surface area contributed by atoms with E-state index >= 15 is 0 Å². The van der Waals surface area contributed by atoms with E-state index in [2.05, 4.69) is 10.1 Å². The average Bonchev–Trinajstić information content (AvgIpc) is 3.22. The van der Waals surface area contributed by atoms with E-state index in [-0.39, 0.29) is 18.1 Å². The van der Waals surface area contributed by atoms with Gasteiger partial charge in [-0.1, -0.05) is 11.6 Å². The van der Waals surface area contributed by atoms with Gasteiger partial charge in [-0.05, 0) is 31.5 Å². The Kier molecular flexibility index (Phi) is 5.54. The van der Waals surface area contributed by atoms with Crippen LogP contribution in [0.1, 0.15) is 34.6 Å². The van der Waals surface area contributed by atoms with Gasteiger partial charge in [0.15, 0.2) is 0 Å². The number of fused-ring (bicyclic) bond motifs is 1. The SMILES string of the molecule is C[C@@H]1CN(c2nc3c(c(-c4ccc(Cl)cc4F)n2)CCN(C)C3=O)C[C@H](c2cnn(C)c2)O1. The zero-order valence-corrected chi connectivity index (χ0v) is 19.4. The lowest BCUT2D eigenvalue weighted by Gasteiger charge is -2.37. The van der Waals surface area contributed by atoms with Gasteiger partial charge in [-0.25, -0.2) is 14.4 Å². The predicted octanol–water partition coefficient (Wildman–Crippen LogP) is 3.26. The molecule has 1 aromatic carbocycles. The van der Waals surface area contributed by atoms with Crippen molar-refractivity contribution in [1.29, 1.82) is 0 Å². The summed E-state index contributed by atoms with van der Waals surface area (Å²) in [7, 11) is 3.60. The third kappa shape index (κ3) is 4.06. The van der Waals surface area contributed by atoms with E-state index in [9.17, 15) is 9.18 Å². The molecule has 0 bridgehead atoms. The number of morpholine rings is 1. The molecule has 0 spiro atoms. The molecule has 3 aromatic rings. The maximum Gasteiger partial charge on any atom is 0.272 e. The van der Waals surface area contributed by atoms with E-state index in [4.69, 9.17) is 21.3 Å². The molecule has 1 fully saturated rings. The number of benzene rings is 1. The van der Waals surface area contributed by atoms with Crippen molar-refractivity contribution in [2.75, 3.05) is 31.6 Å². The molecule has 33 heavy (non-hydrogen) atoms. The number of aryl methyl sites for hydroxylation is 1. The van der Waals surface area contributed by atoms with Crippen LogP contribution in [0.2, 0.25) is 5.02 Å². The maximum atomic E-state index is 14.9. The predicted molar refractivity (Wildman–Crippen MR) is 122 cm³/mol. The van der Waals surface area contributed by atoms with E-state index in [1.54, 1.807) is 35.0 Å². The smallest absolute Gasteiger partial charge is 0.272 e. The van der Waals surface area contributed by atoms with Crippen LogP contribution in [0, 0.1) is 5.82 Å². The zero-order valence-electron chi connectivity index (χ0n) is 18.6. The molecule has 10 heteroatoms. The van der Waals surface area contributed by atoms with Gasteiger partial charge in [-0.15, -0.1) is 0 Å². The minimum Gasteiger partial charge on any atom is -0.367 e. The highest BCUT2D eigenvalue weighted by Crippen LogP contribution is 2.34. The topological polar surface area (TPSA) is 76.4 Å². The molecule has 0 radical (unpaired) electrons. The summed E-state index contributed by atoms with van der Waals surface area (Å²) in [5.41, 5.74) is 2.67. The monoisotopic (exact) mass is 470 g/mol. The van der Waals surface area contributed by atoms with Crippen molar-refractivity contribution < 1.29 is 13.9 Å². The Morgan fingerprint density at radius 3 is 2.70 bits per heavy atom. The summed E-state index contributed by atoms with van der Waals surface area (Å²) in [4.78, 5) is 26.1. The highest BCUT2D eigenvalue weighted by molar-refractivity contribution is 6.30. The largest absolute Gasteiger partial charge is 0.367 e. The Morgan fingerprint density at radius 2 is 1.97 bits per heavy atom. The molecule has 2 aliphatic heterocycles. The first kappa shape index (κ1) is 21.8. The van der Waals surface area contributed by atoms with Gasteiger partial charge in [0, 0.05) is 55.1 Å². The van der Waals surface area contributed by atoms with Crippen LogP contribution in [-0.4, -0.2) is 63.3 Å². The maximum absolute atomic E-state index is 14.9. The van der Waals surface area contributed by atoms with Gasteiger partial charge in [0.1, 0.15) is 17.6 Å². The Hall–Kier alpha value is -3.04. The second kappa shape index (κ2) is 8.39. The number of nitrogens with zero attached hydrogens (tertiary/aromatic N) is 6. The molecule has 2 atom stereocenters. The van der Waals surface area contributed by atoms with Crippen LogP contribution in [0.5, 0.6) is 0 Å². The second-order valence-electron chi connectivity index (χ2n) is 8.59. The average molecular weight is 471 g/mol. The van der Waals surface area contributed by atoms with Crippen LogP contribution in [0.4, 0.5) is 10.3 Å². The van der Waals surface area contributed by atoms with E-state index in [1.165, 1.54) is 6.07 Å². The first-order chi connectivity index (χ1) is 15.8. The van der Waals surface area contributed by atoms with E-state index < -0.39 is 5.82 Å². The lowest BCUT2D eigenvalue weighted by Crippen LogP contribution is -2.44. The van der Waals surface area contributed by atoms with Crippen molar-refractivity contribution in [2.45, 2.75) is 25.6 Å². The molecule has 2 aliphatic rings. The molecule has 0 N–H and O–H groups in total. The molecule has 172 valence electrons. The van der Waals surface area contributed by atoms with Crippen LogP contribution in [0.15, 0.2) is 30.6 Å². The Morgan fingerprint density at radius 1 is 1.18 bits per heavy atom. The minimum absolute atomic E-state index is 0.0994. The summed E-state index contributed by atoms with van der Waals surface area (Å²) in [6.45, 7) is 3.53. The zero-order chi connectivity index (χ0) is 23.3. The fourth-order valence-electron chi connectivity index (χ4n) is 4.40. The first-order valence-corrected chi connectivity index (χ1v) is 11.2. The molecular weight excluding hydrogens is 447 g/mol. The minimum atomic E-state index is -0.482. The summed E-state index contributed by atoms with van der Waals surface area (Å²) in [6.07, 6.45) is 3.92. The van der Waals surface area contributed by atoms with Gasteiger partial charge in [0.25, 0.3) is 5.91 Å². The number of hydrogen-bond acceptors (Lipinski definition) is 6. The van der Waals surface area contributed by atoms with Gasteiger partial charge in [0.05, 0.1) is 24.5 Å². The van der Waals surface area contributed by atoms with Gasteiger partial charge < -0.3 is 14.5 Å². The van der Waals surface area contributed by atoms with Crippen LogP contribution >= 0.6 is 11.6 Å². The van der Waals surface area contributed by atoms with E-state index in [0.29, 0.717) is 59.5 Å². The molecule has 1 saturated heterocycles. The fraction of sp³-hybridized carbons (Fsp3) is 0.391. The Bertz CT molecular complexity index is 1230. The molecule has 0 aliphatic carbocycles. The lowest BCUT2D eigenvalue weighted by molar-refractivity contribution is -0.0179. The van der Waals surface area contributed by atoms with E-state index in [1.807, 2.05) is 25.1 Å². The Balaban J connectivity index is 1.61. The van der Waals surface area contributed by atoms with Crippen molar-refractivity contribution in [3.63, 3.8) is 0 Å². The summed E-state index contributed by atoms with van der Waals surface area (Å²) >= 11 is 5.97. The number of carbonyl (C=O) groups is 1. The number of anilines is 1. The van der Waals surface area contributed by atoms with Crippen LogP contribution in [-0.2, 0) is 18.2 Å². The summed E-state index contributed by atoms with van der Waals surface area (Å²) in [6, 6.07) is 4.49. The van der Waals surface area contributed by atoms with Crippen LogP contribution < -0.4 is 4.90 Å².